The van der Waals surface area contributed by atoms with Crippen molar-refractivity contribution in [1.82, 2.24) is 5.32 Å². The molecule has 0 aromatic heterocycles. The number of amides is 2. The highest BCUT2D eigenvalue weighted by Crippen LogP contribution is 2.16. The van der Waals surface area contributed by atoms with Crippen molar-refractivity contribution in [2.24, 2.45) is 0 Å². The number of nitrogens with one attached hydrogen (secondary N) is 2. The van der Waals surface area contributed by atoms with E-state index in [-0.39, 0.29) is 24.3 Å². The number of rotatable bonds is 6. The minimum absolute atomic E-state index is 0.0314. The van der Waals surface area contributed by atoms with Gasteiger partial charge in [-0.2, -0.15) is 0 Å². The Labute approximate surface area is 138 Å². The van der Waals surface area contributed by atoms with Gasteiger partial charge in [0.2, 0.25) is 5.91 Å². The van der Waals surface area contributed by atoms with Crippen molar-refractivity contribution < 1.29 is 18.8 Å². The van der Waals surface area contributed by atoms with Crippen LogP contribution in [-0.2, 0) is 4.79 Å². The minimum Gasteiger partial charge on any atom is -0.355 e. The molecule has 2 N–H and O–H groups in total. The summed E-state index contributed by atoms with van der Waals surface area (Å²) < 4.78 is 13.5. The fraction of sp³-hybridized carbons (Fsp3) is 0.167. The van der Waals surface area contributed by atoms with Crippen LogP contribution in [0.4, 0.5) is 10.1 Å². The molecule has 0 spiro atoms. The van der Waals surface area contributed by atoms with E-state index < -0.39 is 17.5 Å². The molecule has 0 fully saturated rings. The second kappa shape index (κ2) is 8.01. The first-order chi connectivity index (χ1) is 11.5. The van der Waals surface area contributed by atoms with Crippen molar-refractivity contribution in [2.45, 2.75) is 12.8 Å². The lowest BCUT2D eigenvalue weighted by Crippen LogP contribution is -2.21. The molecule has 6 heteroatoms. The standard InChI is InChI=1S/C18H17FN2O3/c1-20-18(24)13-7-3-5-9-15(13)21-17(23)11-10-16(22)12-6-2-4-8-14(12)19/h2-9H,10-11H2,1H3,(H,20,24)(H,21,23). The number of para-hydroxylation sites is 1. The number of halogens is 1. The van der Waals surface area contributed by atoms with Crippen LogP contribution < -0.4 is 10.6 Å². The van der Waals surface area contributed by atoms with Crippen molar-refractivity contribution in [3.8, 4) is 0 Å². The lowest BCUT2D eigenvalue weighted by atomic mass is 10.1. The molecule has 0 saturated heterocycles. The molecule has 5 nitrogen and oxygen atoms in total. The van der Waals surface area contributed by atoms with Crippen LogP contribution in [0, 0.1) is 5.82 Å². The van der Waals surface area contributed by atoms with Crippen LogP contribution in [0.3, 0.4) is 0 Å². The predicted octanol–water partition coefficient (Wildman–Crippen LogP) is 2.79. The summed E-state index contributed by atoms with van der Waals surface area (Å²) in [5.41, 5.74) is 0.657. The molecule has 0 aliphatic heterocycles. The fourth-order valence-electron chi connectivity index (χ4n) is 2.19. The van der Waals surface area contributed by atoms with Gasteiger partial charge in [-0.3, -0.25) is 14.4 Å². The summed E-state index contributed by atoms with van der Waals surface area (Å²) in [7, 11) is 1.49. The van der Waals surface area contributed by atoms with Gasteiger partial charge in [0.15, 0.2) is 5.78 Å². The minimum atomic E-state index is -0.604. The first-order valence-corrected chi connectivity index (χ1v) is 7.41. The van der Waals surface area contributed by atoms with Crippen LogP contribution >= 0.6 is 0 Å². The summed E-state index contributed by atoms with van der Waals surface area (Å²) in [5, 5.41) is 5.09. The van der Waals surface area contributed by atoms with Crippen LogP contribution in [0.15, 0.2) is 48.5 Å². The van der Waals surface area contributed by atoms with Gasteiger partial charge in [0, 0.05) is 19.9 Å². The van der Waals surface area contributed by atoms with Gasteiger partial charge in [-0.15, -0.1) is 0 Å². The Balaban J connectivity index is 1.99. The van der Waals surface area contributed by atoms with Crippen LogP contribution in [0.2, 0.25) is 0 Å². The maximum absolute atomic E-state index is 13.5. The molecule has 0 atom stereocenters. The molecule has 2 aromatic rings. The molecule has 2 aromatic carbocycles. The number of anilines is 1. The van der Waals surface area contributed by atoms with E-state index in [1.54, 1.807) is 30.3 Å². The Morgan fingerprint density at radius 1 is 0.917 bits per heavy atom. The first kappa shape index (κ1) is 17.3. The zero-order valence-corrected chi connectivity index (χ0v) is 13.1. The highest BCUT2D eigenvalue weighted by atomic mass is 19.1. The van der Waals surface area contributed by atoms with Crippen LogP contribution in [0.25, 0.3) is 0 Å². The normalized spacial score (nSPS) is 10.1. The molecule has 0 aliphatic carbocycles. The van der Waals surface area contributed by atoms with E-state index in [2.05, 4.69) is 10.6 Å². The van der Waals surface area contributed by atoms with Crippen molar-refractivity contribution >= 4 is 23.3 Å². The highest BCUT2D eigenvalue weighted by Gasteiger charge is 2.15. The number of ketones is 1. The summed E-state index contributed by atoms with van der Waals surface area (Å²) >= 11 is 0. The van der Waals surface area contributed by atoms with Gasteiger partial charge >= 0.3 is 0 Å². The Hall–Kier alpha value is -3.02. The zero-order valence-electron chi connectivity index (χ0n) is 13.1. The Bertz CT molecular complexity index is 774. The Kier molecular flexibility index (Phi) is 5.78. The van der Waals surface area contributed by atoms with Crippen molar-refractivity contribution in [1.29, 1.82) is 0 Å². The van der Waals surface area contributed by atoms with E-state index in [1.807, 2.05) is 0 Å². The number of benzene rings is 2. The number of carbonyl (C=O) groups is 3. The molecule has 0 bridgehead atoms. The molecular formula is C18H17FN2O3. The van der Waals surface area contributed by atoms with Gasteiger partial charge in [-0.05, 0) is 24.3 Å². The molecule has 24 heavy (non-hydrogen) atoms. The number of hydrogen-bond acceptors (Lipinski definition) is 3. The lowest BCUT2D eigenvalue weighted by molar-refractivity contribution is -0.116. The molecule has 2 amide bonds. The molecule has 2 rings (SSSR count). The summed E-state index contributed by atoms with van der Waals surface area (Å²) in [4.78, 5) is 35.7. The summed E-state index contributed by atoms with van der Waals surface area (Å²) in [6, 6.07) is 12.2. The molecule has 0 unspecified atom stereocenters. The predicted molar refractivity (Wildman–Crippen MR) is 88.4 cm³/mol. The van der Waals surface area contributed by atoms with E-state index in [9.17, 15) is 18.8 Å². The van der Waals surface area contributed by atoms with Crippen molar-refractivity contribution in [3.63, 3.8) is 0 Å². The van der Waals surface area contributed by atoms with Crippen molar-refractivity contribution in [2.75, 3.05) is 12.4 Å². The zero-order chi connectivity index (χ0) is 17.5. The lowest BCUT2D eigenvalue weighted by Gasteiger charge is -2.10. The van der Waals surface area contributed by atoms with Gasteiger partial charge in [-0.1, -0.05) is 24.3 Å². The third-order valence-corrected chi connectivity index (χ3v) is 3.43. The Morgan fingerprint density at radius 2 is 1.54 bits per heavy atom. The Morgan fingerprint density at radius 3 is 2.21 bits per heavy atom. The monoisotopic (exact) mass is 328 g/mol. The average Bonchev–Trinajstić information content (AvgIpc) is 2.60. The largest absolute Gasteiger partial charge is 0.355 e. The molecular weight excluding hydrogens is 311 g/mol. The molecule has 124 valence electrons. The van der Waals surface area contributed by atoms with E-state index >= 15 is 0 Å². The topological polar surface area (TPSA) is 75.3 Å². The van der Waals surface area contributed by atoms with E-state index in [1.165, 1.54) is 25.2 Å². The number of hydrogen-bond donors (Lipinski definition) is 2. The van der Waals surface area contributed by atoms with E-state index in [4.69, 9.17) is 0 Å². The van der Waals surface area contributed by atoms with Gasteiger partial charge in [0.25, 0.3) is 5.91 Å². The van der Waals surface area contributed by atoms with Crippen LogP contribution in [0.1, 0.15) is 33.6 Å². The summed E-state index contributed by atoms with van der Waals surface area (Å²) in [6.45, 7) is 0. The third-order valence-electron chi connectivity index (χ3n) is 3.43. The number of Topliss-reactive ketones (excluding diaryl/α,β-unsaturated/α-hetero) is 1. The van der Waals surface area contributed by atoms with Gasteiger partial charge in [-0.25, -0.2) is 4.39 Å². The summed E-state index contributed by atoms with van der Waals surface area (Å²) in [6.07, 6.45) is -0.218. The first-order valence-electron chi connectivity index (χ1n) is 7.41. The fourth-order valence-corrected chi connectivity index (χ4v) is 2.19. The average molecular weight is 328 g/mol. The summed E-state index contributed by atoms with van der Waals surface area (Å²) in [5.74, 6) is -1.79. The van der Waals surface area contributed by atoms with Crippen molar-refractivity contribution in [3.05, 3.63) is 65.5 Å². The third kappa shape index (κ3) is 4.25. The van der Waals surface area contributed by atoms with E-state index in [0.29, 0.717) is 11.3 Å². The number of carbonyl (C=O) groups excluding carboxylic acids is 3. The maximum Gasteiger partial charge on any atom is 0.253 e. The molecule has 0 heterocycles. The van der Waals surface area contributed by atoms with Crippen LogP contribution in [-0.4, -0.2) is 24.6 Å². The molecule has 0 aliphatic rings. The SMILES string of the molecule is CNC(=O)c1ccccc1NC(=O)CCC(=O)c1ccccc1F. The molecule has 0 saturated carbocycles. The highest BCUT2D eigenvalue weighted by molar-refractivity contribution is 6.05. The van der Waals surface area contributed by atoms with Gasteiger partial charge < -0.3 is 10.6 Å². The molecule has 0 radical (unpaired) electrons. The van der Waals surface area contributed by atoms with E-state index in [0.717, 1.165) is 0 Å². The smallest absolute Gasteiger partial charge is 0.253 e. The maximum atomic E-state index is 13.5. The second-order valence-electron chi connectivity index (χ2n) is 5.08. The second-order valence-corrected chi connectivity index (χ2v) is 5.08. The quantitative estimate of drug-likeness (QED) is 0.801. The van der Waals surface area contributed by atoms with Crippen LogP contribution in [0.5, 0.6) is 0 Å². The van der Waals surface area contributed by atoms with Gasteiger partial charge in [0.05, 0.1) is 16.8 Å². The van der Waals surface area contributed by atoms with Gasteiger partial charge in [0.1, 0.15) is 5.82 Å².